The first-order chi connectivity index (χ1) is 13.7. The summed E-state index contributed by atoms with van der Waals surface area (Å²) < 4.78 is 0. The van der Waals surface area contributed by atoms with Crippen LogP contribution in [-0.2, 0) is 9.59 Å². The van der Waals surface area contributed by atoms with Crippen LogP contribution in [0.15, 0.2) is 0 Å². The Morgan fingerprint density at radius 1 is 1.07 bits per heavy atom. The van der Waals surface area contributed by atoms with Crippen molar-refractivity contribution in [3.63, 3.8) is 0 Å². The quantitative estimate of drug-likeness (QED) is 0.583. The van der Waals surface area contributed by atoms with Crippen LogP contribution in [0.3, 0.4) is 0 Å². The maximum absolute atomic E-state index is 13.4. The summed E-state index contributed by atoms with van der Waals surface area (Å²) in [5, 5.41) is 9.54. The Morgan fingerprint density at radius 3 is 2.48 bits per heavy atom. The molecule has 0 spiro atoms. The van der Waals surface area contributed by atoms with E-state index in [2.05, 4.69) is 20.8 Å². The van der Waals surface area contributed by atoms with Gasteiger partial charge >= 0.3 is 5.97 Å². The molecule has 0 aromatic heterocycles. The second kappa shape index (κ2) is 7.68. The summed E-state index contributed by atoms with van der Waals surface area (Å²) in [5.41, 5.74) is 0.614. The number of ketones is 1. The molecule has 1 unspecified atom stereocenters. The first kappa shape index (κ1) is 21.4. The van der Waals surface area contributed by atoms with Crippen LogP contribution in [0.1, 0.15) is 98.3 Å². The second-order valence-electron chi connectivity index (χ2n) is 11.7. The Labute approximate surface area is 177 Å². The van der Waals surface area contributed by atoms with Crippen LogP contribution in [0.25, 0.3) is 0 Å². The lowest BCUT2D eigenvalue weighted by atomic mass is 9.44. The minimum absolute atomic E-state index is 0.220. The zero-order valence-corrected chi connectivity index (χ0v) is 19.1. The van der Waals surface area contributed by atoms with Crippen molar-refractivity contribution in [1.82, 2.24) is 0 Å². The average molecular weight is 403 g/mol. The van der Waals surface area contributed by atoms with Crippen LogP contribution in [-0.4, -0.2) is 16.9 Å². The molecule has 4 aliphatic rings. The monoisotopic (exact) mass is 402 g/mol. The fourth-order valence-corrected chi connectivity index (χ4v) is 8.99. The van der Waals surface area contributed by atoms with Gasteiger partial charge in [0.25, 0.3) is 0 Å². The van der Waals surface area contributed by atoms with E-state index in [0.717, 1.165) is 19.3 Å². The topological polar surface area (TPSA) is 54.4 Å². The van der Waals surface area contributed by atoms with Crippen molar-refractivity contribution in [2.75, 3.05) is 0 Å². The van der Waals surface area contributed by atoms with Gasteiger partial charge in [-0.2, -0.15) is 0 Å². The summed E-state index contributed by atoms with van der Waals surface area (Å²) in [6.07, 6.45) is 12.4. The van der Waals surface area contributed by atoms with E-state index in [1.807, 2.05) is 6.92 Å². The van der Waals surface area contributed by atoms with E-state index in [4.69, 9.17) is 0 Å². The van der Waals surface area contributed by atoms with Crippen molar-refractivity contribution in [3.8, 4) is 0 Å². The summed E-state index contributed by atoms with van der Waals surface area (Å²) in [5.74, 6) is 2.78. The van der Waals surface area contributed by atoms with E-state index < -0.39 is 5.97 Å². The van der Waals surface area contributed by atoms with Gasteiger partial charge in [0.05, 0.1) is 5.92 Å². The molecule has 0 radical (unpaired) electrons. The van der Waals surface area contributed by atoms with Gasteiger partial charge in [-0.05, 0) is 91.8 Å². The number of carboxylic acid groups (broad SMARTS) is 1. The standard InChI is InChI=1S/C26H42O3/c1-5-17(24(28)29)14-16(2)19-9-10-20-23-21(11-13-26(19,20)4)25(3)12-7-6-8-18(25)15-22(23)27/h16-21,23H,5-15H2,1-4H3,(H,28,29)/t16-,17?,18+,19-,20+,21+,23+,25+,26-/m1/s1. The lowest BCUT2D eigenvalue weighted by Gasteiger charge is -2.60. The van der Waals surface area contributed by atoms with Crippen molar-refractivity contribution >= 4 is 11.8 Å². The number of aliphatic carboxylic acids is 1. The number of carbonyl (C=O) groups is 2. The zero-order chi connectivity index (χ0) is 21.0. The van der Waals surface area contributed by atoms with E-state index in [1.54, 1.807) is 0 Å². The van der Waals surface area contributed by atoms with E-state index in [9.17, 15) is 14.7 Å². The number of hydrogen-bond donors (Lipinski definition) is 1. The molecule has 9 atom stereocenters. The van der Waals surface area contributed by atoms with E-state index >= 15 is 0 Å². The summed E-state index contributed by atoms with van der Waals surface area (Å²) >= 11 is 0. The van der Waals surface area contributed by atoms with Gasteiger partial charge < -0.3 is 5.11 Å². The van der Waals surface area contributed by atoms with E-state index in [-0.39, 0.29) is 17.3 Å². The molecule has 4 fully saturated rings. The molecule has 0 amide bonds. The number of carbonyl (C=O) groups excluding carboxylic acids is 1. The fourth-order valence-electron chi connectivity index (χ4n) is 8.99. The molecule has 4 saturated carbocycles. The molecule has 4 aliphatic carbocycles. The second-order valence-corrected chi connectivity index (χ2v) is 11.7. The Hall–Kier alpha value is -0.860. The average Bonchev–Trinajstić information content (AvgIpc) is 3.03. The summed E-state index contributed by atoms with van der Waals surface area (Å²) in [6.45, 7) is 9.28. The van der Waals surface area contributed by atoms with Gasteiger partial charge in [-0.15, -0.1) is 0 Å². The molecule has 29 heavy (non-hydrogen) atoms. The first-order valence-corrected chi connectivity index (χ1v) is 12.5. The van der Waals surface area contributed by atoms with Crippen LogP contribution >= 0.6 is 0 Å². The van der Waals surface area contributed by atoms with Crippen LogP contribution in [0.4, 0.5) is 0 Å². The van der Waals surface area contributed by atoms with Crippen LogP contribution in [0.5, 0.6) is 0 Å². The number of fused-ring (bicyclic) bond motifs is 5. The third-order valence-corrected chi connectivity index (χ3v) is 10.6. The minimum Gasteiger partial charge on any atom is -0.481 e. The lowest BCUT2D eigenvalue weighted by molar-refractivity contribution is -0.156. The summed E-state index contributed by atoms with van der Waals surface area (Å²) in [4.78, 5) is 25.0. The Bertz CT molecular complexity index is 656. The van der Waals surface area contributed by atoms with Crippen LogP contribution in [0, 0.1) is 52.3 Å². The molecule has 164 valence electrons. The van der Waals surface area contributed by atoms with Crippen LogP contribution in [0.2, 0.25) is 0 Å². The molecule has 0 aromatic rings. The lowest BCUT2D eigenvalue weighted by Crippen LogP contribution is -2.56. The van der Waals surface area contributed by atoms with Gasteiger partial charge in [0.2, 0.25) is 0 Å². The number of Topliss-reactive ketones (excluding diaryl/α,β-unsaturated/α-hetero) is 1. The normalized spacial score (nSPS) is 46.3. The maximum Gasteiger partial charge on any atom is 0.306 e. The van der Waals surface area contributed by atoms with Gasteiger partial charge in [0, 0.05) is 12.3 Å². The predicted octanol–water partition coefficient (Wildman–Crippen LogP) is 6.35. The third kappa shape index (κ3) is 3.30. The Morgan fingerprint density at radius 2 is 1.79 bits per heavy atom. The summed E-state index contributed by atoms with van der Waals surface area (Å²) in [6, 6.07) is 0. The van der Waals surface area contributed by atoms with Crippen molar-refractivity contribution < 1.29 is 14.7 Å². The van der Waals surface area contributed by atoms with E-state index in [1.165, 1.54) is 51.4 Å². The molecule has 0 heterocycles. The van der Waals surface area contributed by atoms with Crippen molar-refractivity contribution in [2.45, 2.75) is 98.3 Å². The highest BCUT2D eigenvalue weighted by atomic mass is 16.4. The van der Waals surface area contributed by atoms with Gasteiger partial charge in [-0.25, -0.2) is 0 Å². The number of carboxylic acids is 1. The Balaban J connectivity index is 1.56. The van der Waals surface area contributed by atoms with Crippen molar-refractivity contribution in [1.29, 1.82) is 0 Å². The van der Waals surface area contributed by atoms with Crippen molar-refractivity contribution in [3.05, 3.63) is 0 Å². The smallest absolute Gasteiger partial charge is 0.306 e. The molecular weight excluding hydrogens is 360 g/mol. The molecule has 4 rings (SSSR count). The van der Waals surface area contributed by atoms with Gasteiger partial charge in [0.15, 0.2) is 0 Å². The SMILES string of the molecule is CCC(C[C@@H](C)[C@H]1CC[C@H]2[C@@H]3C(=O)C[C@@H]4CCCC[C@]4(C)[C@H]3CC[C@]12C)C(=O)O. The highest BCUT2D eigenvalue weighted by Crippen LogP contribution is 2.67. The van der Waals surface area contributed by atoms with Crippen LogP contribution < -0.4 is 0 Å². The third-order valence-electron chi connectivity index (χ3n) is 10.6. The molecule has 0 aromatic carbocycles. The zero-order valence-electron chi connectivity index (χ0n) is 19.1. The Kier molecular flexibility index (Phi) is 5.66. The first-order valence-electron chi connectivity index (χ1n) is 12.5. The highest BCUT2D eigenvalue weighted by molar-refractivity contribution is 5.83. The fraction of sp³-hybridized carbons (Fsp3) is 0.923. The molecule has 3 nitrogen and oxygen atoms in total. The summed E-state index contributed by atoms with van der Waals surface area (Å²) in [7, 11) is 0. The molecule has 3 heteroatoms. The van der Waals surface area contributed by atoms with Gasteiger partial charge in [-0.3, -0.25) is 9.59 Å². The molecular formula is C26H42O3. The molecule has 0 aliphatic heterocycles. The highest BCUT2D eigenvalue weighted by Gasteiger charge is 2.62. The van der Waals surface area contributed by atoms with E-state index in [0.29, 0.717) is 40.8 Å². The van der Waals surface area contributed by atoms with Crippen molar-refractivity contribution in [2.24, 2.45) is 52.3 Å². The largest absolute Gasteiger partial charge is 0.481 e. The number of hydrogen-bond acceptors (Lipinski definition) is 2. The predicted molar refractivity (Wildman–Crippen MR) is 115 cm³/mol. The van der Waals surface area contributed by atoms with Gasteiger partial charge in [0.1, 0.15) is 5.78 Å². The minimum atomic E-state index is -0.638. The molecule has 0 bridgehead atoms. The maximum atomic E-state index is 13.4. The van der Waals surface area contributed by atoms with Gasteiger partial charge in [-0.1, -0.05) is 40.5 Å². The number of rotatable bonds is 5. The molecule has 0 saturated heterocycles. The molecule has 1 N–H and O–H groups in total.